The van der Waals surface area contributed by atoms with Crippen LogP contribution in [0, 0.1) is 5.92 Å². The third-order valence-electron chi connectivity index (χ3n) is 3.83. The average Bonchev–Trinajstić information content (AvgIpc) is 2.74. The molecule has 0 saturated carbocycles. The molecule has 0 spiro atoms. The molecule has 0 aromatic rings. The molecule has 90 valence electrons. The van der Waals surface area contributed by atoms with Crippen LogP contribution in [0.2, 0.25) is 0 Å². The number of likely N-dealkylation sites (tertiary alicyclic amines) is 1. The zero-order valence-corrected chi connectivity index (χ0v) is 10.0. The Labute approximate surface area is 94.6 Å². The van der Waals surface area contributed by atoms with Gasteiger partial charge in [-0.1, -0.05) is 13.8 Å². The van der Waals surface area contributed by atoms with Crippen LogP contribution in [-0.2, 0) is 4.74 Å². The first-order valence-corrected chi connectivity index (χ1v) is 6.36. The first-order valence-electron chi connectivity index (χ1n) is 6.36. The van der Waals surface area contributed by atoms with Crippen LogP contribution < -0.4 is 5.32 Å². The van der Waals surface area contributed by atoms with Crippen LogP contribution in [0.5, 0.6) is 0 Å². The van der Waals surface area contributed by atoms with Crippen LogP contribution in [0.4, 0.5) is 0 Å². The molecule has 2 aliphatic heterocycles. The van der Waals surface area contributed by atoms with Gasteiger partial charge in [-0.15, -0.1) is 0 Å². The molecule has 2 aliphatic rings. The van der Waals surface area contributed by atoms with Crippen molar-refractivity contribution < 1.29 is 6.16 Å². The van der Waals surface area contributed by atoms with Crippen molar-refractivity contribution in [2.24, 2.45) is 5.92 Å². The fourth-order valence-corrected chi connectivity index (χ4v) is 2.88. The summed E-state index contributed by atoms with van der Waals surface area (Å²) in [7, 11) is 0. The molecule has 0 aromatic heterocycles. The second kappa shape index (κ2) is 5.28. The lowest BCUT2D eigenvalue weighted by Crippen LogP contribution is -2.51. The summed E-state index contributed by atoms with van der Waals surface area (Å²) in [6.07, 6.45) is 2.53. The van der Waals surface area contributed by atoms with Crippen LogP contribution >= 0.6 is 0 Å². The Morgan fingerprint density at radius 3 is 2.93 bits per heavy atom. The predicted molar refractivity (Wildman–Crippen MR) is 64.2 cm³/mol. The third kappa shape index (κ3) is 2.71. The molecule has 2 fully saturated rings. The number of piperidine rings is 1. The van der Waals surface area contributed by atoms with Gasteiger partial charge < -0.3 is 10.1 Å². The Bertz CT molecular complexity index is 197. The number of hydrogen-bond donors (Lipinski definition) is 1. The molecule has 3 atom stereocenters. The lowest BCUT2D eigenvalue weighted by atomic mass is 9.92. The second-order valence-corrected chi connectivity index (χ2v) is 4.94. The highest BCUT2D eigenvalue weighted by molar-refractivity contribution is 4.86. The molecule has 15 heavy (non-hydrogen) atoms. The summed E-state index contributed by atoms with van der Waals surface area (Å²) in [5, 5.41) is 3.59. The van der Waals surface area contributed by atoms with Crippen LogP contribution in [0.1, 0.15) is 28.1 Å². The molecule has 0 amide bonds. The van der Waals surface area contributed by atoms with E-state index in [0.717, 1.165) is 31.7 Å². The van der Waals surface area contributed by atoms with E-state index < -0.39 is 0 Å². The zero-order valence-electron chi connectivity index (χ0n) is 10.0. The first-order chi connectivity index (χ1) is 7.31. The van der Waals surface area contributed by atoms with Gasteiger partial charge in [0.05, 0.1) is 6.61 Å². The van der Waals surface area contributed by atoms with Gasteiger partial charge in [0.15, 0.2) is 0 Å². The highest BCUT2D eigenvalue weighted by Crippen LogP contribution is 2.22. The van der Waals surface area contributed by atoms with Crippen LogP contribution in [0.15, 0.2) is 0 Å². The molecule has 0 radical (unpaired) electrons. The van der Waals surface area contributed by atoms with Gasteiger partial charge in [0.2, 0.25) is 0 Å². The van der Waals surface area contributed by atoms with Crippen molar-refractivity contribution in [3.05, 3.63) is 0 Å². The lowest BCUT2D eigenvalue weighted by Gasteiger charge is -2.39. The molecular weight excluding hydrogens is 188 g/mol. The number of nitrogens with one attached hydrogen (secondary N) is 1. The summed E-state index contributed by atoms with van der Waals surface area (Å²) in [4.78, 5) is 2.63. The van der Waals surface area contributed by atoms with Gasteiger partial charge in [0.25, 0.3) is 0 Å². The first kappa shape index (κ1) is 11.4. The average molecular weight is 214 g/mol. The van der Waals surface area contributed by atoms with Crippen LogP contribution in [-0.4, -0.2) is 49.8 Å². The standard InChI is InChI=1S/C12H24N2O.H2/c1-3-13-12-4-6-14(8-10(12)2)11-5-7-15-9-11;/h10-13H,3-9H2,1-2H3;1H. The highest BCUT2D eigenvalue weighted by Gasteiger charge is 2.31. The summed E-state index contributed by atoms with van der Waals surface area (Å²) in [6.45, 7) is 10.1. The van der Waals surface area contributed by atoms with E-state index in [-0.39, 0.29) is 1.43 Å². The number of rotatable bonds is 3. The quantitative estimate of drug-likeness (QED) is 0.767. The molecule has 3 nitrogen and oxygen atoms in total. The Morgan fingerprint density at radius 1 is 1.47 bits per heavy atom. The van der Waals surface area contributed by atoms with E-state index in [9.17, 15) is 0 Å². The Hall–Kier alpha value is -0.120. The molecule has 0 aliphatic carbocycles. The maximum absolute atomic E-state index is 5.46. The largest absolute Gasteiger partial charge is 0.380 e. The Morgan fingerprint density at radius 2 is 2.33 bits per heavy atom. The Kier molecular flexibility index (Phi) is 4.00. The van der Waals surface area contributed by atoms with Crippen molar-refractivity contribution in [2.75, 3.05) is 32.8 Å². The number of ether oxygens (including phenoxy) is 1. The normalized spacial score (nSPS) is 38.4. The summed E-state index contributed by atoms with van der Waals surface area (Å²) < 4.78 is 5.46. The minimum Gasteiger partial charge on any atom is -0.380 e. The van der Waals surface area contributed by atoms with Gasteiger partial charge in [-0.2, -0.15) is 0 Å². The lowest BCUT2D eigenvalue weighted by molar-refractivity contribution is 0.0902. The van der Waals surface area contributed by atoms with Gasteiger partial charge in [-0.25, -0.2) is 0 Å². The van der Waals surface area contributed by atoms with Crippen molar-refractivity contribution in [2.45, 2.75) is 38.8 Å². The number of nitrogens with zero attached hydrogens (tertiary/aromatic N) is 1. The van der Waals surface area contributed by atoms with E-state index in [2.05, 4.69) is 24.1 Å². The topological polar surface area (TPSA) is 24.5 Å². The van der Waals surface area contributed by atoms with Crippen molar-refractivity contribution in [3.8, 4) is 0 Å². The second-order valence-electron chi connectivity index (χ2n) is 4.94. The molecule has 3 unspecified atom stereocenters. The summed E-state index contributed by atoms with van der Waals surface area (Å²) in [5.41, 5.74) is 0. The fourth-order valence-electron chi connectivity index (χ4n) is 2.88. The molecule has 2 saturated heterocycles. The highest BCUT2D eigenvalue weighted by atomic mass is 16.5. The van der Waals surface area contributed by atoms with Crippen molar-refractivity contribution in [1.82, 2.24) is 10.2 Å². The fraction of sp³-hybridized carbons (Fsp3) is 1.00. The van der Waals surface area contributed by atoms with E-state index in [1.807, 2.05) is 0 Å². The van der Waals surface area contributed by atoms with Gasteiger partial charge in [-0.3, -0.25) is 4.90 Å². The third-order valence-corrected chi connectivity index (χ3v) is 3.83. The van der Waals surface area contributed by atoms with Crippen LogP contribution in [0.3, 0.4) is 0 Å². The molecule has 3 heteroatoms. The molecule has 0 aromatic carbocycles. The SMILES string of the molecule is CCNC1CCN(C2CCOC2)CC1C.[HH]. The summed E-state index contributed by atoms with van der Waals surface area (Å²) in [6, 6.07) is 1.43. The minimum atomic E-state index is 0. The van der Waals surface area contributed by atoms with Gasteiger partial charge in [0.1, 0.15) is 0 Å². The maximum atomic E-state index is 5.46. The van der Waals surface area contributed by atoms with E-state index in [0.29, 0.717) is 6.04 Å². The molecule has 1 N–H and O–H groups in total. The molecular formula is C12H26N2O. The molecule has 0 bridgehead atoms. The van der Waals surface area contributed by atoms with Crippen LogP contribution in [0.25, 0.3) is 0 Å². The maximum Gasteiger partial charge on any atom is 0.0622 e. The van der Waals surface area contributed by atoms with Crippen molar-refractivity contribution in [3.63, 3.8) is 0 Å². The summed E-state index contributed by atoms with van der Waals surface area (Å²) >= 11 is 0. The van der Waals surface area contributed by atoms with Gasteiger partial charge >= 0.3 is 0 Å². The monoisotopic (exact) mass is 214 g/mol. The van der Waals surface area contributed by atoms with Crippen molar-refractivity contribution >= 4 is 0 Å². The van der Waals surface area contributed by atoms with E-state index in [4.69, 9.17) is 4.74 Å². The smallest absolute Gasteiger partial charge is 0.0622 e. The van der Waals surface area contributed by atoms with Crippen molar-refractivity contribution in [1.29, 1.82) is 0 Å². The van der Waals surface area contributed by atoms with Gasteiger partial charge in [-0.05, 0) is 25.3 Å². The zero-order chi connectivity index (χ0) is 10.7. The number of hydrogen-bond acceptors (Lipinski definition) is 3. The van der Waals surface area contributed by atoms with E-state index >= 15 is 0 Å². The minimum absolute atomic E-state index is 0. The summed E-state index contributed by atoms with van der Waals surface area (Å²) in [5.74, 6) is 0.777. The van der Waals surface area contributed by atoms with E-state index in [1.54, 1.807) is 0 Å². The predicted octanol–water partition coefficient (Wildman–Crippen LogP) is 1.34. The molecule has 2 heterocycles. The molecule has 2 rings (SSSR count). The Balaban J connectivity index is 0.00000128. The van der Waals surface area contributed by atoms with Gasteiger partial charge in [0, 0.05) is 33.2 Å². The van der Waals surface area contributed by atoms with E-state index in [1.165, 1.54) is 25.9 Å².